The minimum absolute atomic E-state index is 0.329. The number of anilines is 1. The fourth-order valence-electron chi connectivity index (χ4n) is 2.58. The van der Waals surface area contributed by atoms with Gasteiger partial charge in [-0.2, -0.15) is 0 Å². The minimum atomic E-state index is -0.891. The van der Waals surface area contributed by atoms with E-state index in [1.54, 1.807) is 12.1 Å². The van der Waals surface area contributed by atoms with E-state index in [1.165, 1.54) is 5.56 Å². The molecular formula is C16H14ClNO2. The zero-order valence-electron chi connectivity index (χ0n) is 10.8. The van der Waals surface area contributed by atoms with Gasteiger partial charge in [0, 0.05) is 23.8 Å². The Hall–Kier alpha value is -2.00. The molecule has 1 aliphatic heterocycles. The van der Waals surface area contributed by atoms with Crippen molar-refractivity contribution in [1.82, 2.24) is 0 Å². The summed E-state index contributed by atoms with van der Waals surface area (Å²) in [5, 5.41) is 9.84. The molecular weight excluding hydrogens is 274 g/mol. The highest BCUT2D eigenvalue weighted by Crippen LogP contribution is 2.31. The van der Waals surface area contributed by atoms with E-state index in [9.17, 15) is 4.79 Å². The molecule has 0 saturated carbocycles. The van der Waals surface area contributed by atoms with Crippen LogP contribution in [0.15, 0.2) is 42.5 Å². The number of nitrogens with zero attached hydrogens (tertiary/aromatic N) is 1. The van der Waals surface area contributed by atoms with Gasteiger partial charge < -0.3 is 10.0 Å². The van der Waals surface area contributed by atoms with Gasteiger partial charge in [-0.25, -0.2) is 4.79 Å². The maximum Gasteiger partial charge on any atom is 0.335 e. The van der Waals surface area contributed by atoms with Crippen molar-refractivity contribution in [3.05, 3.63) is 64.2 Å². The number of hydrogen-bond donors (Lipinski definition) is 1. The van der Waals surface area contributed by atoms with Crippen molar-refractivity contribution < 1.29 is 9.90 Å². The van der Waals surface area contributed by atoms with Gasteiger partial charge in [0.25, 0.3) is 0 Å². The summed E-state index contributed by atoms with van der Waals surface area (Å²) >= 11 is 6.19. The molecule has 0 aromatic heterocycles. The Morgan fingerprint density at radius 2 is 2.05 bits per heavy atom. The van der Waals surface area contributed by atoms with E-state index in [4.69, 9.17) is 16.7 Å². The first-order chi connectivity index (χ1) is 9.65. The van der Waals surface area contributed by atoms with Gasteiger partial charge in [0.05, 0.1) is 5.56 Å². The zero-order valence-corrected chi connectivity index (χ0v) is 11.6. The Labute approximate surface area is 122 Å². The fraction of sp³-hybridized carbons (Fsp3) is 0.188. The molecule has 3 nitrogen and oxygen atoms in total. The summed E-state index contributed by atoms with van der Waals surface area (Å²) in [6, 6.07) is 13.1. The number of carbonyl (C=O) groups is 1. The summed E-state index contributed by atoms with van der Waals surface area (Å²) in [5.41, 5.74) is 3.59. The Kier molecular flexibility index (Phi) is 3.36. The third-order valence-corrected chi connectivity index (χ3v) is 4.01. The van der Waals surface area contributed by atoms with Gasteiger partial charge in [-0.3, -0.25) is 0 Å². The first-order valence-electron chi connectivity index (χ1n) is 6.50. The SMILES string of the molecule is O=C(O)c1ccc2c(c1)N(Cc1ccccc1Cl)CC2. The summed E-state index contributed by atoms with van der Waals surface area (Å²) < 4.78 is 0. The van der Waals surface area contributed by atoms with Gasteiger partial charge in [-0.1, -0.05) is 35.9 Å². The molecule has 0 saturated heterocycles. The highest BCUT2D eigenvalue weighted by atomic mass is 35.5. The maximum atomic E-state index is 11.1. The maximum absolute atomic E-state index is 11.1. The number of carboxylic acids is 1. The van der Waals surface area contributed by atoms with Crippen LogP contribution < -0.4 is 4.90 Å². The number of aromatic carboxylic acids is 1. The molecule has 1 heterocycles. The lowest BCUT2D eigenvalue weighted by molar-refractivity contribution is 0.0697. The van der Waals surface area contributed by atoms with Gasteiger partial charge >= 0.3 is 5.97 Å². The van der Waals surface area contributed by atoms with Gasteiger partial charge in [0.1, 0.15) is 0 Å². The van der Waals surface area contributed by atoms with Crippen LogP contribution >= 0.6 is 11.6 Å². The Morgan fingerprint density at radius 1 is 1.25 bits per heavy atom. The second-order valence-electron chi connectivity index (χ2n) is 4.91. The molecule has 1 aliphatic rings. The van der Waals surface area contributed by atoms with Crippen molar-refractivity contribution in [2.75, 3.05) is 11.4 Å². The second kappa shape index (κ2) is 5.17. The number of benzene rings is 2. The Balaban J connectivity index is 1.91. The lowest BCUT2D eigenvalue weighted by Gasteiger charge is -2.20. The molecule has 4 heteroatoms. The molecule has 3 rings (SSSR count). The van der Waals surface area contributed by atoms with Gasteiger partial charge in [-0.15, -0.1) is 0 Å². The summed E-state index contributed by atoms with van der Waals surface area (Å²) in [6.45, 7) is 1.60. The van der Waals surface area contributed by atoms with Crippen LogP contribution in [0, 0.1) is 0 Å². The van der Waals surface area contributed by atoms with E-state index in [0.717, 1.165) is 29.2 Å². The molecule has 2 aromatic rings. The van der Waals surface area contributed by atoms with E-state index < -0.39 is 5.97 Å². The fourth-order valence-corrected chi connectivity index (χ4v) is 2.77. The molecule has 0 aliphatic carbocycles. The normalized spacial score (nSPS) is 13.3. The summed E-state index contributed by atoms with van der Waals surface area (Å²) in [5.74, 6) is -0.891. The lowest BCUT2D eigenvalue weighted by atomic mass is 10.1. The second-order valence-corrected chi connectivity index (χ2v) is 5.32. The third-order valence-electron chi connectivity index (χ3n) is 3.64. The number of hydrogen-bond acceptors (Lipinski definition) is 2. The van der Waals surface area contributed by atoms with E-state index in [0.29, 0.717) is 12.1 Å². The third kappa shape index (κ3) is 2.37. The van der Waals surface area contributed by atoms with Crippen LogP contribution in [-0.2, 0) is 13.0 Å². The Bertz CT molecular complexity index is 669. The summed E-state index contributed by atoms with van der Waals surface area (Å²) in [6.07, 6.45) is 0.944. The molecule has 2 aromatic carbocycles. The molecule has 0 bridgehead atoms. The highest BCUT2D eigenvalue weighted by Gasteiger charge is 2.21. The molecule has 0 radical (unpaired) electrons. The van der Waals surface area contributed by atoms with Crippen LogP contribution in [0.3, 0.4) is 0 Å². The molecule has 0 amide bonds. The number of fused-ring (bicyclic) bond motifs is 1. The van der Waals surface area contributed by atoms with Crippen LogP contribution in [0.25, 0.3) is 0 Å². The van der Waals surface area contributed by atoms with Crippen molar-refractivity contribution >= 4 is 23.3 Å². The van der Waals surface area contributed by atoms with Crippen molar-refractivity contribution in [2.45, 2.75) is 13.0 Å². The molecule has 0 atom stereocenters. The summed E-state index contributed by atoms with van der Waals surface area (Å²) in [4.78, 5) is 13.3. The predicted molar refractivity (Wildman–Crippen MR) is 79.6 cm³/mol. The summed E-state index contributed by atoms with van der Waals surface area (Å²) in [7, 11) is 0. The molecule has 102 valence electrons. The first kappa shape index (κ1) is 13.0. The molecule has 0 unspecified atom stereocenters. The van der Waals surface area contributed by atoms with Crippen LogP contribution in [0.1, 0.15) is 21.5 Å². The lowest BCUT2D eigenvalue weighted by Crippen LogP contribution is -2.20. The van der Waals surface area contributed by atoms with E-state index >= 15 is 0 Å². The van der Waals surface area contributed by atoms with Crippen molar-refractivity contribution in [2.24, 2.45) is 0 Å². The Morgan fingerprint density at radius 3 is 2.80 bits per heavy atom. The van der Waals surface area contributed by atoms with E-state index in [-0.39, 0.29) is 0 Å². The smallest absolute Gasteiger partial charge is 0.335 e. The van der Waals surface area contributed by atoms with Crippen LogP contribution in [0.4, 0.5) is 5.69 Å². The van der Waals surface area contributed by atoms with Gasteiger partial charge in [0.2, 0.25) is 0 Å². The van der Waals surface area contributed by atoms with Gasteiger partial charge in [0.15, 0.2) is 0 Å². The topological polar surface area (TPSA) is 40.5 Å². The average molecular weight is 288 g/mol. The molecule has 20 heavy (non-hydrogen) atoms. The van der Waals surface area contributed by atoms with Crippen molar-refractivity contribution in [1.29, 1.82) is 0 Å². The van der Waals surface area contributed by atoms with Crippen molar-refractivity contribution in [3.8, 4) is 0 Å². The highest BCUT2D eigenvalue weighted by molar-refractivity contribution is 6.31. The van der Waals surface area contributed by atoms with E-state index in [1.807, 2.05) is 30.3 Å². The van der Waals surface area contributed by atoms with Crippen LogP contribution in [0.5, 0.6) is 0 Å². The number of rotatable bonds is 3. The monoisotopic (exact) mass is 287 g/mol. The van der Waals surface area contributed by atoms with Gasteiger partial charge in [-0.05, 0) is 35.7 Å². The number of carboxylic acid groups (broad SMARTS) is 1. The molecule has 0 spiro atoms. The molecule has 1 N–H and O–H groups in total. The largest absolute Gasteiger partial charge is 0.478 e. The number of halogens is 1. The first-order valence-corrected chi connectivity index (χ1v) is 6.87. The van der Waals surface area contributed by atoms with E-state index in [2.05, 4.69) is 4.90 Å². The van der Waals surface area contributed by atoms with Crippen LogP contribution in [-0.4, -0.2) is 17.6 Å². The standard InChI is InChI=1S/C16H14ClNO2/c17-14-4-2-1-3-13(14)10-18-8-7-11-5-6-12(16(19)20)9-15(11)18/h1-6,9H,7-8,10H2,(H,19,20). The van der Waals surface area contributed by atoms with Crippen LogP contribution in [0.2, 0.25) is 5.02 Å². The molecule has 0 fully saturated rings. The average Bonchev–Trinajstić information content (AvgIpc) is 2.84. The van der Waals surface area contributed by atoms with Crippen molar-refractivity contribution in [3.63, 3.8) is 0 Å². The quantitative estimate of drug-likeness (QED) is 0.938. The predicted octanol–water partition coefficient (Wildman–Crippen LogP) is 3.60. The zero-order chi connectivity index (χ0) is 14.1. The minimum Gasteiger partial charge on any atom is -0.478 e.